The van der Waals surface area contributed by atoms with Crippen molar-refractivity contribution < 1.29 is 18.0 Å². The minimum Gasteiger partial charge on any atom is -0.352 e. The third-order valence-electron chi connectivity index (χ3n) is 6.41. The second kappa shape index (κ2) is 12.9. The molecular formula is C29H33Cl2N3O4S. The fourth-order valence-corrected chi connectivity index (χ4v) is 6.02. The Morgan fingerprint density at radius 1 is 0.923 bits per heavy atom. The summed E-state index contributed by atoms with van der Waals surface area (Å²) in [5.41, 5.74) is 2.56. The third-order valence-corrected chi connectivity index (χ3v) is 8.77. The first-order valence-corrected chi connectivity index (χ1v) is 14.7. The number of carbonyl (C=O) groups excluding carboxylic acids is 2. The topological polar surface area (TPSA) is 86.8 Å². The van der Waals surface area contributed by atoms with E-state index in [0.29, 0.717) is 21.3 Å². The van der Waals surface area contributed by atoms with Gasteiger partial charge in [0.05, 0.1) is 10.6 Å². The van der Waals surface area contributed by atoms with E-state index in [9.17, 15) is 18.0 Å². The smallest absolute Gasteiger partial charge is 0.264 e. The first-order valence-electron chi connectivity index (χ1n) is 12.5. The van der Waals surface area contributed by atoms with Gasteiger partial charge < -0.3 is 10.2 Å². The van der Waals surface area contributed by atoms with E-state index < -0.39 is 28.5 Å². The summed E-state index contributed by atoms with van der Waals surface area (Å²) in [7, 11) is -4.13. The number of amides is 2. The minimum atomic E-state index is -4.13. The molecule has 10 heteroatoms. The summed E-state index contributed by atoms with van der Waals surface area (Å²) in [5.74, 6) is -0.930. The largest absolute Gasteiger partial charge is 0.352 e. The van der Waals surface area contributed by atoms with Crippen molar-refractivity contribution in [2.45, 2.75) is 58.1 Å². The molecule has 39 heavy (non-hydrogen) atoms. The summed E-state index contributed by atoms with van der Waals surface area (Å²) in [5, 5.41) is 3.59. The van der Waals surface area contributed by atoms with Gasteiger partial charge >= 0.3 is 0 Å². The van der Waals surface area contributed by atoms with Gasteiger partial charge in [0.2, 0.25) is 11.8 Å². The molecule has 0 aliphatic heterocycles. The Balaban J connectivity index is 2.09. The lowest BCUT2D eigenvalue weighted by atomic mass is 10.1. The van der Waals surface area contributed by atoms with E-state index in [1.165, 1.54) is 17.0 Å². The molecule has 3 aromatic carbocycles. The fourth-order valence-electron chi connectivity index (χ4n) is 4.06. The van der Waals surface area contributed by atoms with Crippen LogP contribution in [0.15, 0.2) is 71.6 Å². The predicted octanol–water partition coefficient (Wildman–Crippen LogP) is 5.75. The van der Waals surface area contributed by atoms with Crippen molar-refractivity contribution in [3.8, 4) is 0 Å². The number of hydrogen-bond acceptors (Lipinski definition) is 4. The molecule has 0 aromatic heterocycles. The quantitative estimate of drug-likeness (QED) is 0.326. The maximum absolute atomic E-state index is 14.0. The number of benzene rings is 3. The second-order valence-corrected chi connectivity index (χ2v) is 12.3. The number of nitrogens with zero attached hydrogens (tertiary/aromatic N) is 2. The van der Waals surface area contributed by atoms with Crippen LogP contribution in [0.3, 0.4) is 0 Å². The third kappa shape index (κ3) is 7.32. The van der Waals surface area contributed by atoms with Crippen molar-refractivity contribution in [3.05, 3.63) is 93.5 Å². The second-order valence-electron chi connectivity index (χ2n) is 9.64. The zero-order valence-electron chi connectivity index (χ0n) is 22.6. The molecule has 0 spiro atoms. The normalized spacial score (nSPS) is 12.2. The molecule has 3 aromatic rings. The van der Waals surface area contributed by atoms with Gasteiger partial charge in [-0.05, 0) is 81.6 Å². The van der Waals surface area contributed by atoms with Crippen molar-refractivity contribution in [1.29, 1.82) is 0 Å². The summed E-state index contributed by atoms with van der Waals surface area (Å²) in [4.78, 5) is 28.4. The average Bonchev–Trinajstić information content (AvgIpc) is 2.88. The number of sulfonamides is 1. The zero-order valence-corrected chi connectivity index (χ0v) is 24.9. The number of rotatable bonds is 10. The summed E-state index contributed by atoms with van der Waals surface area (Å²) in [6, 6.07) is 17.1. The van der Waals surface area contributed by atoms with Gasteiger partial charge in [-0.2, -0.15) is 0 Å². The Morgan fingerprint density at radius 2 is 1.59 bits per heavy atom. The highest BCUT2D eigenvalue weighted by molar-refractivity contribution is 7.92. The first kappa shape index (κ1) is 30.5. The molecule has 0 saturated carbocycles. The van der Waals surface area contributed by atoms with E-state index in [4.69, 9.17) is 23.2 Å². The number of hydrogen-bond donors (Lipinski definition) is 1. The van der Waals surface area contributed by atoms with Crippen LogP contribution < -0.4 is 9.62 Å². The lowest BCUT2D eigenvalue weighted by Gasteiger charge is -2.33. The summed E-state index contributed by atoms with van der Waals surface area (Å²) >= 11 is 12.5. The van der Waals surface area contributed by atoms with E-state index in [1.54, 1.807) is 55.5 Å². The molecule has 1 atom stereocenters. The number of carbonyl (C=O) groups is 2. The molecule has 2 amide bonds. The van der Waals surface area contributed by atoms with Gasteiger partial charge in [0.25, 0.3) is 10.0 Å². The Morgan fingerprint density at radius 3 is 2.21 bits per heavy atom. The number of halogens is 2. The highest BCUT2D eigenvalue weighted by atomic mass is 35.5. The van der Waals surface area contributed by atoms with E-state index in [1.807, 2.05) is 33.8 Å². The fraction of sp³-hybridized carbons (Fsp3) is 0.310. The summed E-state index contributed by atoms with van der Waals surface area (Å²) in [6.45, 7) is 8.39. The first-order chi connectivity index (χ1) is 18.3. The van der Waals surface area contributed by atoms with Crippen molar-refractivity contribution in [2.75, 3.05) is 10.8 Å². The van der Waals surface area contributed by atoms with Gasteiger partial charge in [0.1, 0.15) is 12.6 Å². The van der Waals surface area contributed by atoms with E-state index in [-0.39, 0.29) is 23.4 Å². The molecule has 0 aliphatic rings. The van der Waals surface area contributed by atoms with Crippen LogP contribution >= 0.6 is 23.2 Å². The molecule has 0 bridgehead atoms. The lowest BCUT2D eigenvalue weighted by Crippen LogP contribution is -2.52. The molecule has 0 fully saturated rings. The van der Waals surface area contributed by atoms with Crippen LogP contribution in [0.25, 0.3) is 0 Å². The van der Waals surface area contributed by atoms with Gasteiger partial charge in [-0.3, -0.25) is 13.9 Å². The number of aryl methyl sites for hydroxylation is 1. The van der Waals surface area contributed by atoms with Crippen molar-refractivity contribution in [1.82, 2.24) is 10.2 Å². The van der Waals surface area contributed by atoms with Gasteiger partial charge in [-0.25, -0.2) is 8.42 Å². The molecule has 0 heterocycles. The summed E-state index contributed by atoms with van der Waals surface area (Å²) in [6.07, 6.45) is 0. The molecule has 0 saturated heterocycles. The Labute approximate surface area is 240 Å². The highest BCUT2D eigenvalue weighted by Crippen LogP contribution is 2.29. The highest BCUT2D eigenvalue weighted by Gasteiger charge is 2.33. The standard InChI is InChI=1S/C29H33Cl2N3O4S/c1-19(2)32-29(36)22(5)33(17-23-14-15-24(30)16-26(23)31)28(35)18-34(27-13-9-10-20(3)21(27)4)39(37,38)25-11-7-6-8-12-25/h6-16,19,22H,17-18H2,1-5H3,(H,32,36)/t22-/m0/s1. The van der Waals surface area contributed by atoms with Crippen LogP contribution in [0, 0.1) is 13.8 Å². The van der Waals surface area contributed by atoms with Gasteiger partial charge in [-0.15, -0.1) is 0 Å². The van der Waals surface area contributed by atoms with Crippen LogP contribution in [0.4, 0.5) is 5.69 Å². The zero-order chi connectivity index (χ0) is 28.9. The maximum Gasteiger partial charge on any atom is 0.264 e. The van der Waals surface area contributed by atoms with Gasteiger partial charge in [0, 0.05) is 22.6 Å². The van der Waals surface area contributed by atoms with E-state index >= 15 is 0 Å². The molecule has 0 radical (unpaired) electrons. The van der Waals surface area contributed by atoms with Crippen LogP contribution in [-0.2, 0) is 26.2 Å². The van der Waals surface area contributed by atoms with Crippen molar-refractivity contribution in [2.24, 2.45) is 0 Å². The molecule has 0 unspecified atom stereocenters. The number of anilines is 1. The molecule has 1 N–H and O–H groups in total. The van der Waals surface area contributed by atoms with Gasteiger partial charge in [-0.1, -0.05) is 59.6 Å². The van der Waals surface area contributed by atoms with E-state index in [0.717, 1.165) is 15.4 Å². The molecule has 3 rings (SSSR count). The maximum atomic E-state index is 14.0. The van der Waals surface area contributed by atoms with Crippen molar-refractivity contribution in [3.63, 3.8) is 0 Å². The van der Waals surface area contributed by atoms with E-state index in [2.05, 4.69) is 5.32 Å². The molecule has 0 aliphatic carbocycles. The minimum absolute atomic E-state index is 0.0203. The molecule has 7 nitrogen and oxygen atoms in total. The predicted molar refractivity (Wildman–Crippen MR) is 157 cm³/mol. The van der Waals surface area contributed by atoms with Gasteiger partial charge in [0.15, 0.2) is 0 Å². The van der Waals surface area contributed by atoms with Crippen LogP contribution in [0.2, 0.25) is 10.0 Å². The Bertz CT molecular complexity index is 1450. The van der Waals surface area contributed by atoms with Crippen LogP contribution in [0.1, 0.15) is 37.5 Å². The molecule has 208 valence electrons. The Hall–Kier alpha value is -3.07. The average molecular weight is 591 g/mol. The van der Waals surface area contributed by atoms with Crippen LogP contribution in [0.5, 0.6) is 0 Å². The Kier molecular flexibility index (Phi) is 10.0. The van der Waals surface area contributed by atoms with Crippen LogP contribution in [-0.4, -0.2) is 43.8 Å². The monoisotopic (exact) mass is 589 g/mol. The number of nitrogens with one attached hydrogen (secondary N) is 1. The lowest BCUT2D eigenvalue weighted by molar-refractivity contribution is -0.139. The SMILES string of the molecule is Cc1cccc(N(CC(=O)N(Cc2ccc(Cl)cc2Cl)[C@@H](C)C(=O)NC(C)C)S(=O)(=O)c2ccccc2)c1C. The summed E-state index contributed by atoms with van der Waals surface area (Å²) < 4.78 is 28.9. The molecular weight excluding hydrogens is 557 g/mol. The van der Waals surface area contributed by atoms with Crippen molar-refractivity contribution >= 4 is 50.7 Å².